The first-order valence-electron chi connectivity index (χ1n) is 6.16. The molecular weight excluding hydrogens is 236 g/mol. The molecular formula is C16H16N2O. The average molecular weight is 252 g/mol. The van der Waals surface area contributed by atoms with Crippen molar-refractivity contribution in [3.63, 3.8) is 0 Å². The zero-order valence-electron chi connectivity index (χ0n) is 11.3. The first-order chi connectivity index (χ1) is 8.93. The monoisotopic (exact) mass is 252 g/mol. The van der Waals surface area contributed by atoms with Gasteiger partial charge in [-0.1, -0.05) is 39.0 Å². The van der Waals surface area contributed by atoms with Crippen LogP contribution < -0.4 is 0 Å². The van der Waals surface area contributed by atoms with Crippen molar-refractivity contribution >= 4 is 22.8 Å². The molecule has 0 atom stereocenters. The number of nitrogens with zero attached hydrogens (tertiary/aromatic N) is 1. The Morgan fingerprint density at radius 2 is 2.00 bits per heavy atom. The van der Waals surface area contributed by atoms with Crippen molar-refractivity contribution in [2.75, 3.05) is 0 Å². The Morgan fingerprint density at radius 3 is 2.63 bits per heavy atom. The average Bonchev–Trinajstić information content (AvgIpc) is 2.77. The third-order valence-corrected chi connectivity index (χ3v) is 2.97. The van der Waals surface area contributed by atoms with Gasteiger partial charge in [-0.2, -0.15) is 5.26 Å². The van der Waals surface area contributed by atoms with E-state index in [4.69, 9.17) is 0 Å². The Morgan fingerprint density at radius 1 is 1.32 bits per heavy atom. The topological polar surface area (TPSA) is 56.6 Å². The van der Waals surface area contributed by atoms with Gasteiger partial charge in [-0.15, -0.1) is 0 Å². The second-order valence-corrected chi connectivity index (χ2v) is 5.54. The molecule has 0 aliphatic heterocycles. The van der Waals surface area contributed by atoms with Crippen LogP contribution in [0, 0.1) is 16.7 Å². The summed E-state index contributed by atoms with van der Waals surface area (Å²) in [7, 11) is 0. The van der Waals surface area contributed by atoms with Crippen molar-refractivity contribution < 1.29 is 4.79 Å². The minimum Gasteiger partial charge on any atom is -0.361 e. The van der Waals surface area contributed by atoms with Crippen molar-refractivity contribution in [2.24, 2.45) is 5.41 Å². The smallest absolute Gasteiger partial charge is 0.178 e. The van der Waals surface area contributed by atoms with Crippen molar-refractivity contribution in [1.82, 2.24) is 4.98 Å². The number of nitrogens with one attached hydrogen (secondary N) is 1. The molecule has 0 unspecified atom stereocenters. The number of aromatic nitrogens is 1. The minimum atomic E-state index is -0.548. The fraction of sp³-hybridized carbons (Fsp3) is 0.250. The first-order valence-corrected chi connectivity index (χ1v) is 6.16. The predicted molar refractivity (Wildman–Crippen MR) is 76.4 cm³/mol. The van der Waals surface area contributed by atoms with Crippen LogP contribution in [0.15, 0.2) is 36.0 Å². The van der Waals surface area contributed by atoms with Gasteiger partial charge in [0.25, 0.3) is 0 Å². The highest BCUT2D eigenvalue weighted by Gasteiger charge is 2.25. The Hall–Kier alpha value is -2.34. The summed E-state index contributed by atoms with van der Waals surface area (Å²) in [5.74, 6) is -0.139. The summed E-state index contributed by atoms with van der Waals surface area (Å²) in [5, 5.41) is 10.2. The third kappa shape index (κ3) is 2.58. The van der Waals surface area contributed by atoms with Crippen molar-refractivity contribution in [3.8, 4) is 6.07 Å². The molecule has 0 bridgehead atoms. The fourth-order valence-corrected chi connectivity index (χ4v) is 1.92. The second-order valence-electron chi connectivity index (χ2n) is 5.54. The summed E-state index contributed by atoms with van der Waals surface area (Å²) >= 11 is 0. The van der Waals surface area contributed by atoms with Gasteiger partial charge in [0.2, 0.25) is 0 Å². The van der Waals surface area contributed by atoms with Gasteiger partial charge in [0, 0.05) is 28.1 Å². The zero-order valence-corrected chi connectivity index (χ0v) is 11.3. The lowest BCUT2D eigenvalue weighted by atomic mass is 9.86. The van der Waals surface area contributed by atoms with Crippen molar-refractivity contribution in [2.45, 2.75) is 20.8 Å². The number of fused-ring (bicyclic) bond motifs is 1. The molecule has 0 fully saturated rings. The number of aromatic amines is 1. The molecule has 96 valence electrons. The van der Waals surface area contributed by atoms with Crippen LogP contribution in [0.3, 0.4) is 0 Å². The van der Waals surface area contributed by atoms with E-state index in [1.807, 2.05) is 57.3 Å². The van der Waals surface area contributed by atoms with Crippen LogP contribution in [0.2, 0.25) is 0 Å². The number of allylic oxidation sites excluding steroid dienone is 1. The van der Waals surface area contributed by atoms with Gasteiger partial charge in [-0.05, 0) is 12.1 Å². The van der Waals surface area contributed by atoms with E-state index in [9.17, 15) is 10.1 Å². The van der Waals surface area contributed by atoms with Crippen LogP contribution in [0.25, 0.3) is 17.0 Å². The summed E-state index contributed by atoms with van der Waals surface area (Å²) in [6, 6.07) is 9.82. The van der Waals surface area contributed by atoms with Crippen LogP contribution in [0.4, 0.5) is 0 Å². The molecule has 1 N–H and O–H groups in total. The number of carbonyl (C=O) groups is 1. The standard InChI is InChI=1S/C16H16N2O/c1-16(2,3)15(19)11(9-17)8-12-10-18-14-7-5-4-6-13(12)14/h4-8,10,18H,1-3H3/b11-8-. The summed E-state index contributed by atoms with van der Waals surface area (Å²) in [6.07, 6.45) is 3.48. The number of rotatable bonds is 2. The molecule has 0 radical (unpaired) electrons. The van der Waals surface area contributed by atoms with Crippen LogP contribution in [-0.4, -0.2) is 10.8 Å². The van der Waals surface area contributed by atoms with Crippen molar-refractivity contribution in [1.29, 1.82) is 5.26 Å². The van der Waals surface area contributed by atoms with Gasteiger partial charge in [-0.25, -0.2) is 0 Å². The number of benzene rings is 1. The van der Waals surface area contributed by atoms with Crippen LogP contribution in [-0.2, 0) is 4.79 Å². The van der Waals surface area contributed by atoms with E-state index < -0.39 is 5.41 Å². The maximum absolute atomic E-state index is 12.2. The first kappa shape index (κ1) is 13.1. The Bertz CT molecular complexity index is 693. The highest BCUT2D eigenvalue weighted by molar-refractivity contribution is 6.07. The molecule has 0 spiro atoms. The van der Waals surface area contributed by atoms with Gasteiger partial charge >= 0.3 is 0 Å². The van der Waals surface area contributed by atoms with E-state index in [1.165, 1.54) is 0 Å². The lowest BCUT2D eigenvalue weighted by Gasteiger charge is -2.15. The number of para-hydroxylation sites is 1. The maximum Gasteiger partial charge on any atom is 0.178 e. The SMILES string of the molecule is CC(C)(C)C(=O)/C(C#N)=C\c1c[nH]c2ccccc12. The van der Waals surface area contributed by atoms with Crippen molar-refractivity contribution in [3.05, 3.63) is 41.6 Å². The highest BCUT2D eigenvalue weighted by Crippen LogP contribution is 2.24. The molecule has 3 heteroatoms. The third-order valence-electron chi connectivity index (χ3n) is 2.97. The van der Waals surface area contributed by atoms with Gasteiger partial charge in [0.15, 0.2) is 5.78 Å². The van der Waals surface area contributed by atoms with E-state index in [-0.39, 0.29) is 11.4 Å². The molecule has 2 aromatic rings. The molecule has 1 aromatic carbocycles. The Kier molecular flexibility index (Phi) is 3.26. The molecule has 1 heterocycles. The summed E-state index contributed by atoms with van der Waals surface area (Å²) in [4.78, 5) is 15.3. The molecule has 0 aliphatic carbocycles. The molecule has 2 rings (SSSR count). The molecule has 0 saturated carbocycles. The van der Waals surface area contributed by atoms with E-state index >= 15 is 0 Å². The van der Waals surface area contributed by atoms with Gasteiger partial charge in [0.05, 0.1) is 5.57 Å². The van der Waals surface area contributed by atoms with E-state index in [2.05, 4.69) is 4.98 Å². The predicted octanol–water partition coefficient (Wildman–Crippen LogP) is 3.69. The molecule has 0 saturated heterocycles. The highest BCUT2D eigenvalue weighted by atomic mass is 16.1. The number of nitriles is 1. The summed E-state index contributed by atoms with van der Waals surface area (Å²) in [5.41, 5.74) is 1.50. The molecule has 19 heavy (non-hydrogen) atoms. The van der Waals surface area contributed by atoms with E-state index in [0.717, 1.165) is 16.5 Å². The van der Waals surface area contributed by atoms with E-state index in [1.54, 1.807) is 6.08 Å². The largest absolute Gasteiger partial charge is 0.361 e. The molecule has 1 aromatic heterocycles. The number of hydrogen-bond donors (Lipinski definition) is 1. The fourth-order valence-electron chi connectivity index (χ4n) is 1.92. The maximum atomic E-state index is 12.2. The molecule has 0 aliphatic rings. The number of ketones is 1. The number of hydrogen-bond acceptors (Lipinski definition) is 2. The number of carbonyl (C=O) groups excluding carboxylic acids is 1. The second kappa shape index (κ2) is 4.74. The van der Waals surface area contributed by atoms with Crippen LogP contribution in [0.5, 0.6) is 0 Å². The quantitative estimate of drug-likeness (QED) is 0.654. The number of Topliss-reactive ketones (excluding diaryl/α,β-unsaturated/α-hetero) is 1. The van der Waals surface area contributed by atoms with Gasteiger partial charge < -0.3 is 4.98 Å². The summed E-state index contributed by atoms with van der Waals surface area (Å²) < 4.78 is 0. The molecule has 3 nitrogen and oxygen atoms in total. The van der Waals surface area contributed by atoms with Crippen LogP contribution in [0.1, 0.15) is 26.3 Å². The Balaban J connectivity index is 2.50. The number of H-pyrrole nitrogens is 1. The van der Waals surface area contributed by atoms with E-state index in [0.29, 0.717) is 0 Å². The van der Waals surface area contributed by atoms with Crippen LogP contribution >= 0.6 is 0 Å². The minimum absolute atomic E-state index is 0.139. The van der Waals surface area contributed by atoms with Gasteiger partial charge in [0.1, 0.15) is 6.07 Å². The zero-order chi connectivity index (χ0) is 14.0. The summed E-state index contributed by atoms with van der Waals surface area (Å²) in [6.45, 7) is 5.45. The normalized spacial score (nSPS) is 12.4. The molecule has 0 amide bonds. The lowest BCUT2D eigenvalue weighted by Crippen LogP contribution is -2.21. The van der Waals surface area contributed by atoms with Gasteiger partial charge in [-0.3, -0.25) is 4.79 Å². The lowest BCUT2D eigenvalue weighted by molar-refractivity contribution is -0.121. The Labute approximate surface area is 112 Å².